The SMILES string of the molecule is CC(=O)N1CCCc2c(C)cccc21. The van der Waals surface area contributed by atoms with E-state index in [9.17, 15) is 4.79 Å². The summed E-state index contributed by atoms with van der Waals surface area (Å²) in [5.41, 5.74) is 3.76. The molecule has 1 amide bonds. The Morgan fingerprint density at radius 1 is 1.43 bits per heavy atom. The van der Waals surface area contributed by atoms with E-state index in [1.807, 2.05) is 17.0 Å². The first-order chi connectivity index (χ1) is 6.70. The van der Waals surface area contributed by atoms with Crippen molar-refractivity contribution < 1.29 is 4.79 Å². The van der Waals surface area contributed by atoms with Crippen LogP contribution in [0.25, 0.3) is 0 Å². The second-order valence-electron chi connectivity index (χ2n) is 3.85. The lowest BCUT2D eigenvalue weighted by Gasteiger charge is -2.29. The van der Waals surface area contributed by atoms with Crippen molar-refractivity contribution >= 4 is 11.6 Å². The Balaban J connectivity index is 2.49. The molecule has 0 unspecified atom stereocenters. The number of aryl methyl sites for hydroxylation is 1. The van der Waals surface area contributed by atoms with Gasteiger partial charge in [-0.3, -0.25) is 4.79 Å². The Bertz CT molecular complexity index is 371. The quantitative estimate of drug-likeness (QED) is 0.613. The third-order valence-corrected chi connectivity index (χ3v) is 2.86. The summed E-state index contributed by atoms with van der Waals surface area (Å²) in [6.45, 7) is 4.62. The van der Waals surface area contributed by atoms with Crippen molar-refractivity contribution in [2.45, 2.75) is 26.7 Å². The summed E-state index contributed by atoms with van der Waals surface area (Å²) in [4.78, 5) is 13.3. The highest BCUT2D eigenvalue weighted by atomic mass is 16.2. The van der Waals surface area contributed by atoms with Gasteiger partial charge in [-0.15, -0.1) is 0 Å². The number of amides is 1. The molecule has 0 radical (unpaired) electrons. The first kappa shape index (κ1) is 9.25. The molecule has 74 valence electrons. The number of rotatable bonds is 0. The van der Waals surface area contributed by atoms with Crippen LogP contribution in [0.1, 0.15) is 24.5 Å². The van der Waals surface area contributed by atoms with Crippen molar-refractivity contribution in [2.24, 2.45) is 0 Å². The van der Waals surface area contributed by atoms with E-state index in [0.717, 1.165) is 25.1 Å². The normalized spacial score (nSPS) is 15.1. The molecule has 2 rings (SSSR count). The number of hydrogen-bond donors (Lipinski definition) is 0. The van der Waals surface area contributed by atoms with Crippen LogP contribution >= 0.6 is 0 Å². The number of nitrogens with zero attached hydrogens (tertiary/aromatic N) is 1. The Hall–Kier alpha value is -1.31. The van der Waals surface area contributed by atoms with Crippen molar-refractivity contribution in [3.05, 3.63) is 29.3 Å². The number of carbonyl (C=O) groups is 1. The second kappa shape index (κ2) is 3.45. The molecule has 1 aromatic carbocycles. The van der Waals surface area contributed by atoms with Gasteiger partial charge in [-0.05, 0) is 37.0 Å². The van der Waals surface area contributed by atoms with Crippen LogP contribution in [0.2, 0.25) is 0 Å². The zero-order valence-corrected chi connectivity index (χ0v) is 8.71. The minimum absolute atomic E-state index is 0.150. The van der Waals surface area contributed by atoms with Crippen LogP contribution in [0, 0.1) is 6.92 Å². The monoisotopic (exact) mass is 189 g/mol. The number of hydrogen-bond acceptors (Lipinski definition) is 1. The van der Waals surface area contributed by atoms with Crippen LogP contribution in [0.3, 0.4) is 0 Å². The highest BCUT2D eigenvalue weighted by Gasteiger charge is 2.20. The van der Waals surface area contributed by atoms with Gasteiger partial charge in [0.25, 0.3) is 0 Å². The molecule has 14 heavy (non-hydrogen) atoms. The van der Waals surface area contributed by atoms with E-state index in [2.05, 4.69) is 13.0 Å². The maximum absolute atomic E-state index is 11.4. The average Bonchev–Trinajstić information content (AvgIpc) is 2.17. The lowest BCUT2D eigenvalue weighted by Crippen LogP contribution is -2.33. The number of anilines is 1. The molecule has 1 heterocycles. The molecule has 0 N–H and O–H groups in total. The number of benzene rings is 1. The van der Waals surface area contributed by atoms with Crippen LogP contribution in [0.5, 0.6) is 0 Å². The molecule has 0 saturated heterocycles. The smallest absolute Gasteiger partial charge is 0.223 e. The number of fused-ring (bicyclic) bond motifs is 1. The van der Waals surface area contributed by atoms with E-state index in [0.29, 0.717) is 0 Å². The molecule has 0 bridgehead atoms. The maximum Gasteiger partial charge on any atom is 0.223 e. The van der Waals surface area contributed by atoms with Crippen molar-refractivity contribution in [1.82, 2.24) is 0 Å². The van der Waals surface area contributed by atoms with Crippen molar-refractivity contribution in [3.8, 4) is 0 Å². The van der Waals surface area contributed by atoms with Gasteiger partial charge in [0.15, 0.2) is 0 Å². The lowest BCUT2D eigenvalue weighted by molar-refractivity contribution is -0.116. The summed E-state index contributed by atoms with van der Waals surface area (Å²) in [7, 11) is 0. The largest absolute Gasteiger partial charge is 0.312 e. The Morgan fingerprint density at radius 2 is 2.21 bits per heavy atom. The van der Waals surface area contributed by atoms with Crippen LogP contribution in [-0.2, 0) is 11.2 Å². The fourth-order valence-corrected chi connectivity index (χ4v) is 2.13. The van der Waals surface area contributed by atoms with Crippen LogP contribution < -0.4 is 4.90 Å². The molecule has 1 aliphatic rings. The molecule has 2 nitrogen and oxygen atoms in total. The van der Waals surface area contributed by atoms with Crippen LogP contribution in [0.4, 0.5) is 5.69 Å². The van der Waals surface area contributed by atoms with Gasteiger partial charge in [-0.25, -0.2) is 0 Å². The lowest BCUT2D eigenvalue weighted by atomic mass is 9.97. The summed E-state index contributed by atoms with van der Waals surface area (Å²) < 4.78 is 0. The van der Waals surface area contributed by atoms with Crippen LogP contribution in [0.15, 0.2) is 18.2 Å². The van der Waals surface area contributed by atoms with Crippen molar-refractivity contribution in [3.63, 3.8) is 0 Å². The summed E-state index contributed by atoms with van der Waals surface area (Å²) in [5.74, 6) is 0.150. The standard InChI is InChI=1S/C12H15NO/c1-9-5-3-7-12-11(9)6-4-8-13(12)10(2)14/h3,5,7H,4,6,8H2,1-2H3. The van der Waals surface area contributed by atoms with E-state index in [4.69, 9.17) is 0 Å². The fourth-order valence-electron chi connectivity index (χ4n) is 2.13. The van der Waals surface area contributed by atoms with Gasteiger partial charge in [0, 0.05) is 19.2 Å². The summed E-state index contributed by atoms with van der Waals surface area (Å²) in [5, 5.41) is 0. The van der Waals surface area contributed by atoms with Crippen molar-refractivity contribution in [2.75, 3.05) is 11.4 Å². The highest BCUT2D eigenvalue weighted by Crippen LogP contribution is 2.29. The van der Waals surface area contributed by atoms with E-state index >= 15 is 0 Å². The highest BCUT2D eigenvalue weighted by molar-refractivity contribution is 5.93. The third-order valence-electron chi connectivity index (χ3n) is 2.86. The molecule has 0 aromatic heterocycles. The van der Waals surface area contributed by atoms with Gasteiger partial charge in [-0.1, -0.05) is 12.1 Å². The topological polar surface area (TPSA) is 20.3 Å². The van der Waals surface area contributed by atoms with E-state index < -0.39 is 0 Å². The second-order valence-corrected chi connectivity index (χ2v) is 3.85. The Labute approximate surface area is 84.5 Å². The predicted molar refractivity (Wildman–Crippen MR) is 57.5 cm³/mol. The fraction of sp³-hybridized carbons (Fsp3) is 0.417. The molecular formula is C12H15NO. The zero-order chi connectivity index (χ0) is 10.1. The molecule has 0 spiro atoms. The summed E-state index contributed by atoms with van der Waals surface area (Å²) in [6, 6.07) is 6.18. The first-order valence-electron chi connectivity index (χ1n) is 5.07. The zero-order valence-electron chi connectivity index (χ0n) is 8.71. The van der Waals surface area contributed by atoms with Gasteiger partial charge in [-0.2, -0.15) is 0 Å². The Kier molecular flexibility index (Phi) is 2.28. The first-order valence-corrected chi connectivity index (χ1v) is 5.07. The summed E-state index contributed by atoms with van der Waals surface area (Å²) in [6.07, 6.45) is 2.18. The predicted octanol–water partition coefficient (Wildman–Crippen LogP) is 2.29. The molecular weight excluding hydrogens is 174 g/mol. The maximum atomic E-state index is 11.4. The Morgan fingerprint density at radius 3 is 2.93 bits per heavy atom. The van der Waals surface area contributed by atoms with E-state index in [1.54, 1.807) is 6.92 Å². The van der Waals surface area contributed by atoms with Gasteiger partial charge >= 0.3 is 0 Å². The van der Waals surface area contributed by atoms with Crippen LogP contribution in [-0.4, -0.2) is 12.5 Å². The van der Waals surface area contributed by atoms with Gasteiger partial charge in [0.2, 0.25) is 5.91 Å². The molecule has 2 heteroatoms. The minimum atomic E-state index is 0.150. The minimum Gasteiger partial charge on any atom is -0.312 e. The molecule has 0 atom stereocenters. The van der Waals surface area contributed by atoms with Gasteiger partial charge < -0.3 is 4.90 Å². The molecule has 1 aliphatic heterocycles. The molecule has 0 fully saturated rings. The van der Waals surface area contributed by atoms with Gasteiger partial charge in [0.1, 0.15) is 0 Å². The van der Waals surface area contributed by atoms with E-state index in [1.165, 1.54) is 11.1 Å². The molecule has 0 aliphatic carbocycles. The van der Waals surface area contributed by atoms with Gasteiger partial charge in [0.05, 0.1) is 0 Å². The number of carbonyl (C=O) groups excluding carboxylic acids is 1. The average molecular weight is 189 g/mol. The molecule has 0 saturated carbocycles. The van der Waals surface area contributed by atoms with Crippen molar-refractivity contribution in [1.29, 1.82) is 0 Å². The third kappa shape index (κ3) is 1.41. The summed E-state index contributed by atoms with van der Waals surface area (Å²) >= 11 is 0. The van der Waals surface area contributed by atoms with E-state index in [-0.39, 0.29) is 5.91 Å². The molecule has 1 aromatic rings.